The quantitative estimate of drug-likeness (QED) is 0.389. The highest BCUT2D eigenvalue weighted by molar-refractivity contribution is 6.12. The summed E-state index contributed by atoms with van der Waals surface area (Å²) < 4.78 is 0. The van der Waals surface area contributed by atoms with Crippen LogP contribution in [0.5, 0.6) is 0 Å². The van der Waals surface area contributed by atoms with Gasteiger partial charge in [0.1, 0.15) is 0 Å². The molecule has 3 aliphatic carbocycles. The average Bonchev–Trinajstić information content (AvgIpc) is 2.99. The second-order valence-corrected chi connectivity index (χ2v) is 12.7. The Hall–Kier alpha value is -1.78. The van der Waals surface area contributed by atoms with Crippen LogP contribution in [-0.4, -0.2) is 33.5 Å². The van der Waals surface area contributed by atoms with Gasteiger partial charge in [-0.25, -0.2) is 0 Å². The molecule has 4 heteroatoms. The summed E-state index contributed by atoms with van der Waals surface area (Å²) in [4.78, 5) is 26.5. The Labute approximate surface area is 205 Å². The molecule has 188 valence electrons. The van der Waals surface area contributed by atoms with Crippen molar-refractivity contribution in [1.29, 1.82) is 0 Å². The monoisotopic (exact) mass is 468 g/mol. The molecule has 0 aromatic carbocycles. The largest absolute Gasteiger partial charge is 0.393 e. The van der Waals surface area contributed by atoms with E-state index in [9.17, 15) is 19.8 Å². The van der Waals surface area contributed by atoms with E-state index in [4.69, 9.17) is 0 Å². The van der Waals surface area contributed by atoms with Gasteiger partial charge in [0.05, 0.1) is 11.7 Å². The predicted molar refractivity (Wildman–Crippen MR) is 137 cm³/mol. The molecule has 0 bridgehead atoms. The number of aliphatic hydroxyl groups is 2. The van der Waals surface area contributed by atoms with E-state index in [1.54, 1.807) is 38.2 Å². The molecular weight excluding hydrogens is 424 g/mol. The van der Waals surface area contributed by atoms with Gasteiger partial charge in [0.2, 0.25) is 0 Å². The molecule has 0 saturated heterocycles. The zero-order valence-electron chi connectivity index (χ0n) is 22.4. The molecule has 34 heavy (non-hydrogen) atoms. The van der Waals surface area contributed by atoms with E-state index in [-0.39, 0.29) is 39.8 Å². The van der Waals surface area contributed by atoms with Crippen molar-refractivity contribution in [2.45, 2.75) is 99.2 Å². The predicted octanol–water partition coefficient (Wildman–Crippen LogP) is 5.89. The van der Waals surface area contributed by atoms with Gasteiger partial charge in [0.15, 0.2) is 11.6 Å². The summed E-state index contributed by atoms with van der Waals surface area (Å²) in [7, 11) is 0. The number of aliphatic hydroxyl groups excluding tert-OH is 1. The number of ketones is 2. The van der Waals surface area contributed by atoms with E-state index >= 15 is 0 Å². The van der Waals surface area contributed by atoms with Gasteiger partial charge in [-0.15, -0.1) is 0 Å². The maximum absolute atomic E-state index is 13.4. The van der Waals surface area contributed by atoms with Gasteiger partial charge in [-0.1, -0.05) is 57.6 Å². The van der Waals surface area contributed by atoms with Crippen molar-refractivity contribution < 1.29 is 19.8 Å². The highest BCUT2D eigenvalue weighted by Crippen LogP contribution is 2.69. The highest BCUT2D eigenvalue weighted by Gasteiger charge is 2.64. The minimum absolute atomic E-state index is 0.0154. The van der Waals surface area contributed by atoms with Crippen molar-refractivity contribution in [2.24, 2.45) is 28.1 Å². The minimum atomic E-state index is -0.882. The van der Waals surface area contributed by atoms with E-state index in [1.807, 2.05) is 19.9 Å². The van der Waals surface area contributed by atoms with Crippen LogP contribution in [-0.2, 0) is 9.59 Å². The standard InChI is InChI=1S/C30H44O4/c1-19(10-9-15-27(3,4)34)11-12-21(31)20(2)26-22(32)18-24-29(7)17-14-25(33)28(5,6)23(29)13-16-30(24,26)8/h9-12,15,23-25,33-34H,13-14,16-18H2,1-8H3/b12-11+,15-9?,19-10?,26-20+/t23-,24-,25-,29-,30-/m0/s1. The van der Waals surface area contributed by atoms with Crippen molar-refractivity contribution in [1.82, 2.24) is 0 Å². The summed E-state index contributed by atoms with van der Waals surface area (Å²) in [5.41, 5.74) is 0.841. The molecule has 3 fully saturated rings. The Balaban J connectivity index is 1.89. The number of allylic oxidation sites excluding steroid dienone is 7. The van der Waals surface area contributed by atoms with Crippen LogP contribution in [0.25, 0.3) is 0 Å². The van der Waals surface area contributed by atoms with Crippen molar-refractivity contribution in [3.63, 3.8) is 0 Å². The summed E-state index contributed by atoms with van der Waals surface area (Å²) in [6, 6.07) is 0. The first kappa shape index (κ1) is 26.8. The Morgan fingerprint density at radius 2 is 1.68 bits per heavy atom. The third-order valence-corrected chi connectivity index (χ3v) is 9.37. The number of rotatable bonds is 5. The topological polar surface area (TPSA) is 74.6 Å². The normalized spacial score (nSPS) is 37.8. The molecule has 5 atom stereocenters. The molecule has 0 aromatic rings. The minimum Gasteiger partial charge on any atom is -0.393 e. The lowest BCUT2D eigenvalue weighted by Crippen LogP contribution is -2.57. The Kier molecular flexibility index (Phi) is 7.12. The number of hydrogen-bond acceptors (Lipinski definition) is 4. The van der Waals surface area contributed by atoms with Crippen molar-refractivity contribution in [3.8, 4) is 0 Å². The fourth-order valence-electron chi connectivity index (χ4n) is 7.49. The molecule has 0 radical (unpaired) electrons. The van der Waals surface area contributed by atoms with Crippen LogP contribution in [0.2, 0.25) is 0 Å². The van der Waals surface area contributed by atoms with E-state index < -0.39 is 5.60 Å². The van der Waals surface area contributed by atoms with Crippen molar-refractivity contribution in [2.75, 3.05) is 0 Å². The van der Waals surface area contributed by atoms with Crippen LogP contribution < -0.4 is 0 Å². The van der Waals surface area contributed by atoms with Crippen LogP contribution in [0.3, 0.4) is 0 Å². The van der Waals surface area contributed by atoms with Gasteiger partial charge < -0.3 is 10.2 Å². The second-order valence-electron chi connectivity index (χ2n) is 12.7. The smallest absolute Gasteiger partial charge is 0.181 e. The van der Waals surface area contributed by atoms with Gasteiger partial charge in [-0.3, -0.25) is 9.59 Å². The third kappa shape index (κ3) is 4.68. The molecule has 3 saturated carbocycles. The first-order valence-corrected chi connectivity index (χ1v) is 12.8. The number of fused-ring (bicyclic) bond motifs is 3. The van der Waals surface area contributed by atoms with Gasteiger partial charge in [0, 0.05) is 23.0 Å². The SMILES string of the molecule is CC(=CC=CC(C)(C)O)/C=C/C(=O)/C(C)=C1\C(=O)C[C@H]2[C@@]3(C)CC[C@H](O)C(C)(C)[C@@H]3CC[C@]12C. The lowest BCUT2D eigenvalue weighted by Gasteiger charge is -2.62. The summed E-state index contributed by atoms with van der Waals surface area (Å²) in [5, 5.41) is 20.5. The van der Waals surface area contributed by atoms with Gasteiger partial charge in [-0.05, 0) is 82.1 Å². The zero-order chi connectivity index (χ0) is 25.7. The van der Waals surface area contributed by atoms with Gasteiger partial charge in [0.25, 0.3) is 0 Å². The first-order chi connectivity index (χ1) is 15.5. The van der Waals surface area contributed by atoms with E-state index in [1.165, 1.54) is 0 Å². The van der Waals surface area contributed by atoms with Gasteiger partial charge in [-0.2, -0.15) is 0 Å². The van der Waals surface area contributed by atoms with E-state index in [0.717, 1.165) is 36.8 Å². The summed E-state index contributed by atoms with van der Waals surface area (Å²) in [5.74, 6) is 0.581. The fraction of sp³-hybridized carbons (Fsp3) is 0.667. The zero-order valence-corrected chi connectivity index (χ0v) is 22.4. The van der Waals surface area contributed by atoms with Crippen LogP contribution in [0, 0.1) is 28.1 Å². The van der Waals surface area contributed by atoms with E-state index in [0.29, 0.717) is 17.9 Å². The molecule has 0 unspecified atom stereocenters. The molecule has 0 spiro atoms. The van der Waals surface area contributed by atoms with Crippen molar-refractivity contribution >= 4 is 11.6 Å². The Bertz CT molecular complexity index is 970. The summed E-state index contributed by atoms with van der Waals surface area (Å²) in [6.45, 7) is 16.0. The summed E-state index contributed by atoms with van der Waals surface area (Å²) >= 11 is 0. The molecule has 4 nitrogen and oxygen atoms in total. The van der Waals surface area contributed by atoms with Gasteiger partial charge >= 0.3 is 0 Å². The fourth-order valence-corrected chi connectivity index (χ4v) is 7.49. The molecular formula is C30H44O4. The van der Waals surface area contributed by atoms with Crippen LogP contribution in [0.15, 0.2) is 47.1 Å². The number of hydrogen-bond donors (Lipinski definition) is 2. The van der Waals surface area contributed by atoms with Crippen LogP contribution in [0.4, 0.5) is 0 Å². The van der Waals surface area contributed by atoms with E-state index in [2.05, 4.69) is 27.7 Å². The lowest BCUT2D eigenvalue weighted by molar-refractivity contribution is -0.158. The number of Topliss-reactive ketones (excluding diaryl/α,β-unsaturated/α-hetero) is 1. The average molecular weight is 469 g/mol. The lowest BCUT2D eigenvalue weighted by atomic mass is 9.43. The van der Waals surface area contributed by atoms with Crippen molar-refractivity contribution in [3.05, 3.63) is 47.1 Å². The van der Waals surface area contributed by atoms with Crippen LogP contribution in [0.1, 0.15) is 87.5 Å². The maximum Gasteiger partial charge on any atom is 0.181 e. The third-order valence-electron chi connectivity index (χ3n) is 9.37. The second kappa shape index (κ2) is 9.02. The van der Waals surface area contributed by atoms with Crippen LogP contribution >= 0.6 is 0 Å². The molecule has 3 aliphatic rings. The Morgan fingerprint density at radius 3 is 2.29 bits per heavy atom. The first-order valence-electron chi connectivity index (χ1n) is 12.8. The number of carbonyl (C=O) groups is 2. The molecule has 0 heterocycles. The molecule has 2 N–H and O–H groups in total. The molecule has 0 aromatic heterocycles. The number of carbonyl (C=O) groups excluding carboxylic acids is 2. The molecule has 0 amide bonds. The highest BCUT2D eigenvalue weighted by atomic mass is 16.3. The molecule has 3 rings (SSSR count). The molecule has 0 aliphatic heterocycles. The summed E-state index contributed by atoms with van der Waals surface area (Å²) in [6.07, 6.45) is 12.4. The maximum atomic E-state index is 13.4. The Morgan fingerprint density at radius 1 is 1.03 bits per heavy atom.